The molecule has 29 heavy (non-hydrogen) atoms. The van der Waals surface area contributed by atoms with Gasteiger partial charge in [0.25, 0.3) is 0 Å². The quantitative estimate of drug-likeness (QED) is 0.603. The van der Waals surface area contributed by atoms with Crippen LogP contribution in [0.4, 0.5) is 11.8 Å². The van der Waals surface area contributed by atoms with Gasteiger partial charge in [0.2, 0.25) is 5.95 Å². The third-order valence-corrected chi connectivity index (χ3v) is 5.20. The van der Waals surface area contributed by atoms with Crippen molar-refractivity contribution in [1.29, 1.82) is 0 Å². The summed E-state index contributed by atoms with van der Waals surface area (Å²) < 4.78 is 5.75. The number of nitrogens with one attached hydrogen (secondary N) is 1. The molecule has 0 amide bonds. The highest BCUT2D eigenvalue weighted by molar-refractivity contribution is 5.64. The molecule has 5 heteroatoms. The van der Waals surface area contributed by atoms with Gasteiger partial charge in [0.05, 0.1) is 11.8 Å². The molecule has 1 aliphatic rings. The minimum atomic E-state index is 0.264. The summed E-state index contributed by atoms with van der Waals surface area (Å²) in [5, 5.41) is 3.48. The fourth-order valence-corrected chi connectivity index (χ4v) is 3.57. The molecular formula is C24H28N4O. The van der Waals surface area contributed by atoms with Gasteiger partial charge in [0.15, 0.2) is 0 Å². The lowest BCUT2D eigenvalue weighted by molar-refractivity contribution is 0.120. The van der Waals surface area contributed by atoms with E-state index in [9.17, 15) is 0 Å². The SMILES string of the molecule is CCN(Cc1ccccc1)c1nc(NCC2CCCO2)cc(-c2ccccc2)n1. The Morgan fingerprint density at radius 1 is 1.03 bits per heavy atom. The Morgan fingerprint density at radius 2 is 1.79 bits per heavy atom. The zero-order valence-electron chi connectivity index (χ0n) is 16.9. The average Bonchev–Trinajstić information content (AvgIpc) is 3.31. The van der Waals surface area contributed by atoms with E-state index >= 15 is 0 Å². The Balaban J connectivity index is 1.62. The van der Waals surface area contributed by atoms with Crippen LogP contribution in [0.5, 0.6) is 0 Å². The third-order valence-electron chi connectivity index (χ3n) is 5.20. The molecule has 0 bridgehead atoms. The smallest absolute Gasteiger partial charge is 0.228 e. The minimum Gasteiger partial charge on any atom is -0.376 e. The van der Waals surface area contributed by atoms with Gasteiger partial charge in [-0.25, -0.2) is 4.98 Å². The maximum atomic E-state index is 5.75. The van der Waals surface area contributed by atoms with Crippen molar-refractivity contribution in [2.75, 3.05) is 29.9 Å². The van der Waals surface area contributed by atoms with Crippen molar-refractivity contribution in [3.8, 4) is 11.3 Å². The van der Waals surface area contributed by atoms with Gasteiger partial charge < -0.3 is 15.0 Å². The van der Waals surface area contributed by atoms with Gasteiger partial charge in [0, 0.05) is 37.9 Å². The molecule has 1 saturated heterocycles. The molecule has 1 fully saturated rings. The summed E-state index contributed by atoms with van der Waals surface area (Å²) in [4.78, 5) is 11.9. The van der Waals surface area contributed by atoms with Crippen LogP contribution < -0.4 is 10.2 Å². The van der Waals surface area contributed by atoms with E-state index in [1.54, 1.807) is 0 Å². The molecule has 0 radical (unpaired) electrons. The fourth-order valence-electron chi connectivity index (χ4n) is 3.57. The first-order valence-corrected chi connectivity index (χ1v) is 10.4. The number of benzene rings is 2. The summed E-state index contributed by atoms with van der Waals surface area (Å²) >= 11 is 0. The number of rotatable bonds is 8. The number of hydrogen-bond donors (Lipinski definition) is 1. The van der Waals surface area contributed by atoms with E-state index in [4.69, 9.17) is 14.7 Å². The fraction of sp³-hybridized carbons (Fsp3) is 0.333. The van der Waals surface area contributed by atoms with Crippen molar-refractivity contribution in [3.63, 3.8) is 0 Å². The number of nitrogens with zero attached hydrogens (tertiary/aromatic N) is 3. The Kier molecular flexibility index (Phi) is 6.37. The lowest BCUT2D eigenvalue weighted by Crippen LogP contribution is -2.25. The van der Waals surface area contributed by atoms with Crippen LogP contribution in [0.3, 0.4) is 0 Å². The first kappa shape index (κ1) is 19.4. The summed E-state index contributed by atoms with van der Waals surface area (Å²) in [6.45, 7) is 5.38. The molecule has 1 unspecified atom stereocenters. The van der Waals surface area contributed by atoms with E-state index in [1.165, 1.54) is 5.56 Å². The molecule has 0 saturated carbocycles. The largest absolute Gasteiger partial charge is 0.376 e. The summed E-state index contributed by atoms with van der Waals surface area (Å²) in [7, 11) is 0. The van der Waals surface area contributed by atoms with Crippen molar-refractivity contribution < 1.29 is 4.74 Å². The molecule has 0 aliphatic carbocycles. The van der Waals surface area contributed by atoms with E-state index in [0.29, 0.717) is 0 Å². The number of aromatic nitrogens is 2. The third kappa shape index (κ3) is 5.12. The molecule has 4 rings (SSSR count). The van der Waals surface area contributed by atoms with E-state index in [0.717, 1.165) is 62.1 Å². The minimum absolute atomic E-state index is 0.264. The Morgan fingerprint density at radius 3 is 2.48 bits per heavy atom. The van der Waals surface area contributed by atoms with Crippen molar-refractivity contribution >= 4 is 11.8 Å². The molecule has 1 aliphatic heterocycles. The second-order valence-corrected chi connectivity index (χ2v) is 7.32. The molecule has 2 heterocycles. The van der Waals surface area contributed by atoms with Crippen molar-refractivity contribution in [2.24, 2.45) is 0 Å². The van der Waals surface area contributed by atoms with Crippen LogP contribution in [-0.2, 0) is 11.3 Å². The first-order chi connectivity index (χ1) is 14.3. The predicted octanol–water partition coefficient (Wildman–Crippen LogP) is 4.76. The monoisotopic (exact) mass is 388 g/mol. The summed E-state index contributed by atoms with van der Waals surface area (Å²) in [6, 6.07) is 22.8. The Bertz CT molecular complexity index is 895. The van der Waals surface area contributed by atoms with E-state index in [1.807, 2.05) is 30.3 Å². The molecule has 2 aromatic carbocycles. The zero-order chi connectivity index (χ0) is 19.9. The first-order valence-electron chi connectivity index (χ1n) is 10.4. The highest BCUT2D eigenvalue weighted by Crippen LogP contribution is 2.24. The summed E-state index contributed by atoms with van der Waals surface area (Å²) in [5.74, 6) is 1.59. The Labute approximate surface area is 172 Å². The normalized spacial score (nSPS) is 16.0. The van der Waals surface area contributed by atoms with Gasteiger partial charge in [-0.15, -0.1) is 0 Å². The van der Waals surface area contributed by atoms with Crippen LogP contribution in [0.1, 0.15) is 25.3 Å². The lowest BCUT2D eigenvalue weighted by atomic mass is 10.1. The molecule has 1 N–H and O–H groups in total. The molecule has 5 nitrogen and oxygen atoms in total. The van der Waals surface area contributed by atoms with E-state index < -0.39 is 0 Å². The molecule has 0 spiro atoms. The molecular weight excluding hydrogens is 360 g/mol. The summed E-state index contributed by atoms with van der Waals surface area (Å²) in [5.41, 5.74) is 3.26. The maximum absolute atomic E-state index is 5.75. The highest BCUT2D eigenvalue weighted by atomic mass is 16.5. The van der Waals surface area contributed by atoms with Gasteiger partial charge >= 0.3 is 0 Å². The van der Waals surface area contributed by atoms with Gasteiger partial charge in [-0.2, -0.15) is 4.98 Å². The van der Waals surface area contributed by atoms with Gasteiger partial charge in [0.1, 0.15) is 5.82 Å². The van der Waals surface area contributed by atoms with Gasteiger partial charge in [-0.3, -0.25) is 0 Å². The lowest BCUT2D eigenvalue weighted by Gasteiger charge is -2.22. The van der Waals surface area contributed by atoms with E-state index in [2.05, 4.69) is 53.5 Å². The van der Waals surface area contributed by atoms with Crippen LogP contribution in [0.2, 0.25) is 0 Å². The van der Waals surface area contributed by atoms with Crippen LogP contribution in [-0.4, -0.2) is 35.8 Å². The van der Waals surface area contributed by atoms with Crippen LogP contribution in [0.25, 0.3) is 11.3 Å². The van der Waals surface area contributed by atoms with Crippen LogP contribution >= 0.6 is 0 Å². The Hall–Kier alpha value is -2.92. The predicted molar refractivity (Wildman–Crippen MR) is 118 cm³/mol. The van der Waals surface area contributed by atoms with Gasteiger partial charge in [-0.05, 0) is 25.3 Å². The second-order valence-electron chi connectivity index (χ2n) is 7.32. The van der Waals surface area contributed by atoms with Crippen molar-refractivity contribution in [2.45, 2.75) is 32.4 Å². The second kappa shape index (κ2) is 9.52. The van der Waals surface area contributed by atoms with Crippen LogP contribution in [0, 0.1) is 0 Å². The van der Waals surface area contributed by atoms with Crippen molar-refractivity contribution in [3.05, 3.63) is 72.3 Å². The van der Waals surface area contributed by atoms with Crippen LogP contribution in [0.15, 0.2) is 66.7 Å². The zero-order valence-corrected chi connectivity index (χ0v) is 16.9. The van der Waals surface area contributed by atoms with Crippen molar-refractivity contribution in [1.82, 2.24) is 9.97 Å². The molecule has 3 aromatic rings. The van der Waals surface area contributed by atoms with E-state index in [-0.39, 0.29) is 6.10 Å². The van der Waals surface area contributed by atoms with Gasteiger partial charge in [-0.1, -0.05) is 60.7 Å². The maximum Gasteiger partial charge on any atom is 0.228 e. The summed E-state index contributed by atoms with van der Waals surface area (Å²) in [6.07, 6.45) is 2.50. The molecule has 150 valence electrons. The average molecular weight is 389 g/mol. The number of anilines is 2. The highest BCUT2D eigenvalue weighted by Gasteiger charge is 2.17. The number of ether oxygens (including phenoxy) is 1. The topological polar surface area (TPSA) is 50.3 Å². The molecule has 1 aromatic heterocycles. The standard InChI is InChI=1S/C24H28N4O/c1-2-28(18-19-10-5-3-6-11-19)24-26-22(20-12-7-4-8-13-20)16-23(27-24)25-17-21-14-9-15-29-21/h3-8,10-13,16,21H,2,9,14-15,17-18H2,1H3,(H,25,26,27). The number of hydrogen-bond acceptors (Lipinski definition) is 5. The molecule has 1 atom stereocenters.